The van der Waals surface area contributed by atoms with Crippen LogP contribution in [0, 0.1) is 0 Å². The van der Waals surface area contributed by atoms with Gasteiger partial charge in [0.1, 0.15) is 0 Å². The van der Waals surface area contributed by atoms with Gasteiger partial charge in [0.2, 0.25) is 0 Å². The molecule has 2 aromatic carbocycles. The van der Waals surface area contributed by atoms with Gasteiger partial charge in [-0.2, -0.15) is 16.8 Å². The van der Waals surface area contributed by atoms with Crippen molar-refractivity contribution in [2.24, 2.45) is 0 Å². The summed E-state index contributed by atoms with van der Waals surface area (Å²) in [5.74, 6) is 0. The molecule has 0 saturated carbocycles. The van der Waals surface area contributed by atoms with E-state index in [9.17, 15) is 16.8 Å². The lowest BCUT2D eigenvalue weighted by atomic mass is 10.2. The van der Waals surface area contributed by atoms with E-state index >= 15 is 0 Å². The molecule has 0 aliphatic rings. The average Bonchev–Trinajstić information content (AvgIpc) is 2.55. The molecule has 0 aromatic heterocycles. The minimum absolute atomic E-state index is 0.0485. The van der Waals surface area contributed by atoms with Crippen molar-refractivity contribution >= 4 is 20.2 Å². The highest BCUT2D eigenvalue weighted by atomic mass is 32.2. The third-order valence-electron chi connectivity index (χ3n) is 3.31. The number of rotatable bonds is 8. The first-order valence-electron chi connectivity index (χ1n) is 7.67. The van der Waals surface area contributed by atoms with Gasteiger partial charge in [0.05, 0.1) is 22.0 Å². The normalized spacial score (nSPS) is 14.8. The molecule has 0 saturated heterocycles. The van der Waals surface area contributed by atoms with E-state index < -0.39 is 32.4 Å². The summed E-state index contributed by atoms with van der Waals surface area (Å²) in [7, 11) is -7.81. The summed E-state index contributed by atoms with van der Waals surface area (Å²) in [4.78, 5) is 0.0969. The van der Waals surface area contributed by atoms with Gasteiger partial charge in [-0.3, -0.25) is 8.37 Å². The monoisotopic (exact) mass is 384 g/mol. The summed E-state index contributed by atoms with van der Waals surface area (Å²) >= 11 is 0. The summed E-state index contributed by atoms with van der Waals surface area (Å²) in [5.41, 5.74) is 0. The maximum Gasteiger partial charge on any atom is 0.297 e. The van der Waals surface area contributed by atoms with Gasteiger partial charge in [0, 0.05) is 6.42 Å². The molecule has 0 aliphatic carbocycles. The fraction of sp³-hybridized carbons (Fsp3) is 0.294. The first kappa shape index (κ1) is 19.6. The molecule has 2 atom stereocenters. The molecular formula is C17H20O6S2. The second kappa shape index (κ2) is 8.09. The predicted octanol–water partition coefficient (Wildman–Crippen LogP) is 2.96. The van der Waals surface area contributed by atoms with Crippen LogP contribution in [0.15, 0.2) is 70.5 Å². The third-order valence-corrected chi connectivity index (χ3v) is 6.17. The van der Waals surface area contributed by atoms with Crippen LogP contribution in [0.25, 0.3) is 0 Å². The average molecular weight is 384 g/mol. The molecular weight excluding hydrogens is 364 g/mol. The van der Waals surface area contributed by atoms with Gasteiger partial charge in [0.25, 0.3) is 20.2 Å². The molecule has 0 amide bonds. The molecule has 0 fully saturated rings. The summed E-state index contributed by atoms with van der Waals surface area (Å²) in [6, 6.07) is 15.5. The topological polar surface area (TPSA) is 86.7 Å². The van der Waals surface area contributed by atoms with E-state index in [1.165, 1.54) is 24.3 Å². The van der Waals surface area contributed by atoms with Crippen molar-refractivity contribution in [2.45, 2.75) is 42.3 Å². The van der Waals surface area contributed by atoms with Crippen LogP contribution >= 0.6 is 0 Å². The van der Waals surface area contributed by atoms with Crippen LogP contribution in [0.3, 0.4) is 0 Å². The first-order chi connectivity index (χ1) is 11.7. The standard InChI is InChI=1S/C17H20O6S2/c1-14(22-24(18,19)16-9-5-3-6-10-16)13-15(2)23-25(20,21)17-11-7-4-8-12-17/h3-12,14-15H,13H2,1-2H3. The van der Waals surface area contributed by atoms with Crippen molar-refractivity contribution in [1.29, 1.82) is 0 Å². The zero-order chi connectivity index (χ0) is 18.5. The van der Waals surface area contributed by atoms with Crippen molar-refractivity contribution in [2.75, 3.05) is 0 Å². The van der Waals surface area contributed by atoms with Gasteiger partial charge in [-0.25, -0.2) is 0 Å². The molecule has 2 unspecified atom stereocenters. The number of benzene rings is 2. The lowest BCUT2D eigenvalue weighted by molar-refractivity contribution is 0.140. The lowest BCUT2D eigenvalue weighted by Gasteiger charge is -2.18. The van der Waals surface area contributed by atoms with E-state index in [-0.39, 0.29) is 16.2 Å². The van der Waals surface area contributed by atoms with Gasteiger partial charge in [0.15, 0.2) is 0 Å². The molecule has 0 aliphatic heterocycles. The first-order valence-corrected chi connectivity index (χ1v) is 10.5. The summed E-state index contributed by atoms with van der Waals surface area (Å²) in [6.45, 7) is 3.10. The van der Waals surface area contributed by atoms with Crippen molar-refractivity contribution in [3.05, 3.63) is 60.7 Å². The molecule has 0 heterocycles. The van der Waals surface area contributed by atoms with Crippen LogP contribution in [0.1, 0.15) is 20.3 Å². The molecule has 0 N–H and O–H groups in total. The van der Waals surface area contributed by atoms with Crippen LogP contribution in [0.4, 0.5) is 0 Å². The molecule has 0 bridgehead atoms. The van der Waals surface area contributed by atoms with Crippen molar-refractivity contribution in [3.8, 4) is 0 Å². The molecule has 6 nitrogen and oxygen atoms in total. The quantitative estimate of drug-likeness (QED) is 0.650. The minimum Gasteiger partial charge on any atom is -0.263 e. The van der Waals surface area contributed by atoms with E-state index in [0.717, 1.165) is 0 Å². The Bertz CT molecular complexity index is 802. The Morgan fingerprint density at radius 2 is 1.00 bits per heavy atom. The number of hydrogen-bond acceptors (Lipinski definition) is 6. The van der Waals surface area contributed by atoms with Crippen LogP contribution < -0.4 is 0 Å². The van der Waals surface area contributed by atoms with Gasteiger partial charge in [-0.05, 0) is 38.1 Å². The van der Waals surface area contributed by atoms with Gasteiger partial charge in [-0.15, -0.1) is 0 Å². The Balaban J connectivity index is 1.98. The fourth-order valence-electron chi connectivity index (χ4n) is 2.26. The van der Waals surface area contributed by atoms with Crippen LogP contribution in [-0.2, 0) is 28.6 Å². The number of hydrogen-bond donors (Lipinski definition) is 0. The minimum atomic E-state index is -3.91. The predicted molar refractivity (Wildman–Crippen MR) is 93.0 cm³/mol. The summed E-state index contributed by atoms with van der Waals surface area (Å²) in [5, 5.41) is 0. The largest absolute Gasteiger partial charge is 0.297 e. The van der Waals surface area contributed by atoms with Crippen molar-refractivity contribution in [1.82, 2.24) is 0 Å². The Kier molecular flexibility index (Phi) is 6.34. The Morgan fingerprint density at radius 3 is 1.32 bits per heavy atom. The molecule has 8 heteroatoms. The summed E-state index contributed by atoms with van der Waals surface area (Å²) in [6.07, 6.45) is -1.39. The fourth-order valence-corrected chi connectivity index (χ4v) is 4.49. The maximum atomic E-state index is 12.1. The van der Waals surface area contributed by atoms with E-state index in [1.54, 1.807) is 50.2 Å². The SMILES string of the molecule is CC(CC(C)OS(=O)(=O)c1ccccc1)OS(=O)(=O)c1ccccc1. The zero-order valence-corrected chi connectivity index (χ0v) is 15.5. The van der Waals surface area contributed by atoms with Crippen LogP contribution in [0.2, 0.25) is 0 Å². The second-order valence-corrected chi connectivity index (χ2v) is 8.73. The van der Waals surface area contributed by atoms with E-state index in [2.05, 4.69) is 0 Å². The maximum absolute atomic E-state index is 12.1. The summed E-state index contributed by atoms with van der Waals surface area (Å²) < 4.78 is 58.8. The molecule has 0 radical (unpaired) electrons. The van der Waals surface area contributed by atoms with Crippen LogP contribution in [0.5, 0.6) is 0 Å². The van der Waals surface area contributed by atoms with Crippen molar-refractivity contribution < 1.29 is 25.2 Å². The molecule has 2 aromatic rings. The highest BCUT2D eigenvalue weighted by Gasteiger charge is 2.24. The van der Waals surface area contributed by atoms with Crippen molar-refractivity contribution in [3.63, 3.8) is 0 Å². The van der Waals surface area contributed by atoms with Gasteiger partial charge < -0.3 is 0 Å². The Hall–Kier alpha value is -1.74. The molecule has 136 valence electrons. The molecule has 25 heavy (non-hydrogen) atoms. The van der Waals surface area contributed by atoms with E-state index in [4.69, 9.17) is 8.37 Å². The second-order valence-electron chi connectivity index (χ2n) is 5.58. The zero-order valence-electron chi connectivity index (χ0n) is 13.9. The van der Waals surface area contributed by atoms with E-state index in [1.807, 2.05) is 0 Å². The Labute approximate surface area is 148 Å². The van der Waals surface area contributed by atoms with Gasteiger partial charge >= 0.3 is 0 Å². The Morgan fingerprint density at radius 1 is 0.680 bits per heavy atom. The van der Waals surface area contributed by atoms with E-state index in [0.29, 0.717) is 0 Å². The third kappa shape index (κ3) is 5.64. The lowest BCUT2D eigenvalue weighted by Crippen LogP contribution is -2.24. The smallest absolute Gasteiger partial charge is 0.263 e. The highest BCUT2D eigenvalue weighted by molar-refractivity contribution is 7.87. The molecule has 2 rings (SSSR count). The van der Waals surface area contributed by atoms with Gasteiger partial charge in [-0.1, -0.05) is 36.4 Å². The highest BCUT2D eigenvalue weighted by Crippen LogP contribution is 2.19. The molecule has 0 spiro atoms. The van der Waals surface area contributed by atoms with Crippen LogP contribution in [-0.4, -0.2) is 29.0 Å².